The van der Waals surface area contributed by atoms with Gasteiger partial charge in [-0.25, -0.2) is 0 Å². The number of hydrogen-bond acceptors (Lipinski definition) is 4. The zero-order chi connectivity index (χ0) is 16.9. The van der Waals surface area contributed by atoms with E-state index >= 15 is 0 Å². The number of benzene rings is 2. The fourth-order valence-electron chi connectivity index (χ4n) is 2.33. The fraction of sp³-hybridized carbons (Fsp3) is 0.105. The molecule has 5 heteroatoms. The summed E-state index contributed by atoms with van der Waals surface area (Å²) in [5.41, 5.74) is 3.64. The molecule has 0 spiro atoms. The Kier molecular flexibility index (Phi) is 4.52. The Hall–Kier alpha value is -3.21. The van der Waals surface area contributed by atoms with Crippen molar-refractivity contribution in [1.29, 1.82) is 0 Å². The third-order valence-corrected chi connectivity index (χ3v) is 3.70. The minimum absolute atomic E-state index is 0.193. The highest BCUT2D eigenvalue weighted by Gasteiger charge is 2.09. The Balaban J connectivity index is 1.70. The van der Waals surface area contributed by atoms with Gasteiger partial charge in [-0.05, 0) is 49.2 Å². The first-order chi connectivity index (χ1) is 11.6. The van der Waals surface area contributed by atoms with Gasteiger partial charge in [-0.15, -0.1) is 10.2 Å². The second kappa shape index (κ2) is 6.91. The summed E-state index contributed by atoms with van der Waals surface area (Å²) in [4.78, 5) is 12.3. The molecule has 0 aliphatic carbocycles. The van der Waals surface area contributed by atoms with Crippen LogP contribution in [0.4, 0.5) is 17.3 Å². The normalized spacial score (nSPS) is 10.2. The number of aryl methyl sites for hydroxylation is 2. The minimum atomic E-state index is -0.193. The van der Waals surface area contributed by atoms with Crippen LogP contribution in [0.15, 0.2) is 60.7 Å². The molecule has 5 nitrogen and oxygen atoms in total. The molecule has 0 saturated carbocycles. The number of hydrogen-bond donors (Lipinski definition) is 2. The number of para-hydroxylation sites is 1. The van der Waals surface area contributed by atoms with E-state index in [9.17, 15) is 4.79 Å². The first kappa shape index (κ1) is 15.7. The maximum atomic E-state index is 12.3. The van der Waals surface area contributed by atoms with E-state index in [0.717, 1.165) is 16.8 Å². The fourth-order valence-corrected chi connectivity index (χ4v) is 2.33. The van der Waals surface area contributed by atoms with Crippen molar-refractivity contribution >= 4 is 23.2 Å². The summed E-state index contributed by atoms with van der Waals surface area (Å²) in [5.74, 6) is 0.846. The molecule has 0 radical (unpaired) electrons. The van der Waals surface area contributed by atoms with E-state index in [4.69, 9.17) is 0 Å². The van der Waals surface area contributed by atoms with Crippen LogP contribution in [0.5, 0.6) is 0 Å². The van der Waals surface area contributed by atoms with Crippen LogP contribution in [0.1, 0.15) is 21.5 Å². The summed E-state index contributed by atoms with van der Waals surface area (Å²) in [6, 6.07) is 18.9. The molecular formula is C19H18N4O. The van der Waals surface area contributed by atoms with Gasteiger partial charge in [0.15, 0.2) is 11.6 Å². The Morgan fingerprint density at radius 1 is 0.792 bits per heavy atom. The maximum absolute atomic E-state index is 12.3. The van der Waals surface area contributed by atoms with E-state index in [1.54, 1.807) is 18.2 Å². The van der Waals surface area contributed by atoms with E-state index in [0.29, 0.717) is 17.2 Å². The van der Waals surface area contributed by atoms with Crippen molar-refractivity contribution in [1.82, 2.24) is 10.2 Å². The van der Waals surface area contributed by atoms with Crippen molar-refractivity contribution in [3.63, 3.8) is 0 Å². The van der Waals surface area contributed by atoms with Gasteiger partial charge in [0.1, 0.15) is 0 Å². The number of carbonyl (C=O) groups is 1. The summed E-state index contributed by atoms with van der Waals surface area (Å²) in [6.45, 7) is 3.92. The van der Waals surface area contributed by atoms with Crippen LogP contribution in [0.2, 0.25) is 0 Å². The van der Waals surface area contributed by atoms with Gasteiger partial charge in [0, 0.05) is 11.3 Å². The van der Waals surface area contributed by atoms with Gasteiger partial charge in [0.2, 0.25) is 0 Å². The van der Waals surface area contributed by atoms with Gasteiger partial charge >= 0.3 is 0 Å². The van der Waals surface area contributed by atoms with Crippen molar-refractivity contribution in [3.05, 3.63) is 77.4 Å². The van der Waals surface area contributed by atoms with E-state index < -0.39 is 0 Å². The average molecular weight is 318 g/mol. The van der Waals surface area contributed by atoms with Crippen molar-refractivity contribution in [2.24, 2.45) is 0 Å². The third kappa shape index (κ3) is 3.57. The van der Waals surface area contributed by atoms with Crippen molar-refractivity contribution < 1.29 is 4.79 Å². The Morgan fingerprint density at radius 2 is 1.42 bits per heavy atom. The van der Waals surface area contributed by atoms with Crippen LogP contribution >= 0.6 is 0 Å². The number of nitrogens with one attached hydrogen (secondary N) is 2. The summed E-state index contributed by atoms with van der Waals surface area (Å²) < 4.78 is 0. The van der Waals surface area contributed by atoms with Gasteiger partial charge in [0.25, 0.3) is 5.91 Å². The summed E-state index contributed by atoms with van der Waals surface area (Å²) in [6.07, 6.45) is 0. The molecule has 0 fully saturated rings. The molecule has 0 aliphatic rings. The Bertz CT molecular complexity index is 859. The molecule has 0 saturated heterocycles. The van der Waals surface area contributed by atoms with Crippen LogP contribution < -0.4 is 10.6 Å². The number of carbonyl (C=O) groups excluding carboxylic acids is 1. The van der Waals surface area contributed by atoms with Crippen molar-refractivity contribution in [3.8, 4) is 0 Å². The quantitative estimate of drug-likeness (QED) is 0.760. The largest absolute Gasteiger partial charge is 0.339 e. The Labute approximate surface area is 140 Å². The lowest BCUT2D eigenvalue weighted by molar-refractivity contribution is 0.102. The lowest BCUT2D eigenvalue weighted by Gasteiger charge is -2.09. The summed E-state index contributed by atoms with van der Waals surface area (Å²) in [5, 5.41) is 14.1. The second-order valence-corrected chi connectivity index (χ2v) is 5.51. The first-order valence-electron chi connectivity index (χ1n) is 7.67. The molecular weight excluding hydrogens is 300 g/mol. The highest BCUT2D eigenvalue weighted by Crippen LogP contribution is 2.18. The van der Waals surface area contributed by atoms with Gasteiger partial charge < -0.3 is 10.6 Å². The molecule has 24 heavy (non-hydrogen) atoms. The van der Waals surface area contributed by atoms with Crippen LogP contribution in [0.25, 0.3) is 0 Å². The molecule has 2 N–H and O–H groups in total. The van der Waals surface area contributed by atoms with Gasteiger partial charge in [0.05, 0.1) is 0 Å². The molecule has 1 heterocycles. The van der Waals surface area contributed by atoms with Crippen LogP contribution in [-0.2, 0) is 0 Å². The van der Waals surface area contributed by atoms with Crippen LogP contribution in [0.3, 0.4) is 0 Å². The molecule has 1 aromatic heterocycles. The lowest BCUT2D eigenvalue weighted by Crippen LogP contribution is -2.14. The number of anilines is 3. The molecule has 0 aliphatic heterocycles. The van der Waals surface area contributed by atoms with E-state index in [1.165, 1.54) is 0 Å². The third-order valence-electron chi connectivity index (χ3n) is 3.70. The van der Waals surface area contributed by atoms with Crippen LogP contribution in [0, 0.1) is 13.8 Å². The van der Waals surface area contributed by atoms with E-state index in [2.05, 4.69) is 20.8 Å². The molecule has 120 valence electrons. The topological polar surface area (TPSA) is 66.9 Å². The van der Waals surface area contributed by atoms with Crippen molar-refractivity contribution in [2.75, 3.05) is 10.6 Å². The highest BCUT2D eigenvalue weighted by atomic mass is 16.1. The monoisotopic (exact) mass is 318 g/mol. The minimum Gasteiger partial charge on any atom is -0.339 e. The Morgan fingerprint density at radius 3 is 2.08 bits per heavy atom. The molecule has 1 amide bonds. The molecule has 3 rings (SSSR count). The molecule has 0 unspecified atom stereocenters. The lowest BCUT2D eigenvalue weighted by atomic mass is 10.1. The standard InChI is InChI=1S/C19H18N4O/c1-13-7-3-5-9-15(13)19(24)21-18-12-11-17(22-23-18)20-16-10-6-4-8-14(16)2/h3-12H,1-2H3,(H,20,22)(H,21,23,24). The number of aromatic nitrogens is 2. The first-order valence-corrected chi connectivity index (χ1v) is 7.67. The van der Waals surface area contributed by atoms with E-state index in [1.807, 2.05) is 56.3 Å². The smallest absolute Gasteiger partial charge is 0.257 e. The van der Waals surface area contributed by atoms with Crippen LogP contribution in [-0.4, -0.2) is 16.1 Å². The predicted molar refractivity (Wildman–Crippen MR) is 95.6 cm³/mol. The molecule has 0 atom stereocenters. The maximum Gasteiger partial charge on any atom is 0.257 e. The average Bonchev–Trinajstić information content (AvgIpc) is 2.59. The number of nitrogens with zero attached hydrogens (tertiary/aromatic N) is 2. The molecule has 2 aromatic carbocycles. The zero-order valence-electron chi connectivity index (χ0n) is 13.6. The molecule has 0 bridgehead atoms. The highest BCUT2D eigenvalue weighted by molar-refractivity contribution is 6.04. The predicted octanol–water partition coefficient (Wildman–Crippen LogP) is 4.09. The summed E-state index contributed by atoms with van der Waals surface area (Å²) in [7, 11) is 0. The summed E-state index contributed by atoms with van der Waals surface area (Å²) >= 11 is 0. The van der Waals surface area contributed by atoms with Crippen molar-refractivity contribution in [2.45, 2.75) is 13.8 Å². The molecule has 3 aromatic rings. The zero-order valence-corrected chi connectivity index (χ0v) is 13.6. The number of rotatable bonds is 4. The second-order valence-electron chi connectivity index (χ2n) is 5.51. The van der Waals surface area contributed by atoms with Gasteiger partial charge in [-0.3, -0.25) is 4.79 Å². The van der Waals surface area contributed by atoms with Gasteiger partial charge in [-0.1, -0.05) is 36.4 Å². The van der Waals surface area contributed by atoms with Gasteiger partial charge in [-0.2, -0.15) is 0 Å². The SMILES string of the molecule is Cc1ccccc1Nc1ccc(NC(=O)c2ccccc2C)nn1. The number of amides is 1. The van der Waals surface area contributed by atoms with E-state index in [-0.39, 0.29) is 5.91 Å².